The fraction of sp³-hybridized carbons (Fsp3) is 0.550. The van der Waals surface area contributed by atoms with Gasteiger partial charge in [-0.1, -0.05) is 26.0 Å². The number of nitrogens with zero attached hydrogens (tertiary/aromatic N) is 4. The molecule has 3 heterocycles. The number of ether oxygens (including phenoxy) is 1. The molecule has 1 aromatic carbocycles. The van der Waals surface area contributed by atoms with Crippen molar-refractivity contribution in [2.24, 2.45) is 0 Å². The van der Waals surface area contributed by atoms with Crippen molar-refractivity contribution in [2.75, 3.05) is 19.7 Å². The summed E-state index contributed by atoms with van der Waals surface area (Å²) in [6.07, 6.45) is 4.77. The van der Waals surface area contributed by atoms with Gasteiger partial charge in [0.05, 0.1) is 18.3 Å². The van der Waals surface area contributed by atoms with Crippen LogP contribution in [-0.4, -0.2) is 45.5 Å². The summed E-state index contributed by atoms with van der Waals surface area (Å²) in [5, 5.41) is 8.64. The van der Waals surface area contributed by atoms with Gasteiger partial charge in [0.15, 0.2) is 0 Å². The lowest BCUT2D eigenvalue weighted by molar-refractivity contribution is 0.0689. The molecule has 26 heavy (non-hydrogen) atoms. The van der Waals surface area contributed by atoms with Crippen LogP contribution in [0.1, 0.15) is 61.3 Å². The molecule has 0 saturated carbocycles. The minimum atomic E-state index is 0.00615. The van der Waals surface area contributed by atoms with Crippen LogP contribution in [0.2, 0.25) is 0 Å². The summed E-state index contributed by atoms with van der Waals surface area (Å²) in [5.74, 6) is 1.04. The molecule has 1 amide bonds. The Bertz CT molecular complexity index is 813. The quantitative estimate of drug-likeness (QED) is 0.832. The molecule has 138 valence electrons. The molecule has 0 aliphatic carbocycles. The van der Waals surface area contributed by atoms with E-state index in [-0.39, 0.29) is 11.3 Å². The van der Waals surface area contributed by atoms with Gasteiger partial charge in [-0.25, -0.2) is 4.68 Å². The summed E-state index contributed by atoms with van der Waals surface area (Å²) >= 11 is 0. The minimum absolute atomic E-state index is 0.00615. The van der Waals surface area contributed by atoms with E-state index in [1.165, 1.54) is 0 Å². The van der Waals surface area contributed by atoms with Crippen LogP contribution in [0.25, 0.3) is 0 Å². The van der Waals surface area contributed by atoms with Gasteiger partial charge < -0.3 is 9.64 Å². The predicted molar refractivity (Wildman–Crippen MR) is 98.5 cm³/mol. The second kappa shape index (κ2) is 6.41. The molecule has 0 spiro atoms. The lowest BCUT2D eigenvalue weighted by atomic mass is 9.93. The maximum atomic E-state index is 12.8. The van der Waals surface area contributed by atoms with Crippen molar-refractivity contribution < 1.29 is 9.53 Å². The Balaban J connectivity index is 1.40. The van der Waals surface area contributed by atoms with Gasteiger partial charge >= 0.3 is 0 Å². The van der Waals surface area contributed by atoms with Crippen molar-refractivity contribution in [2.45, 2.75) is 51.5 Å². The normalized spacial score (nSPS) is 17.9. The van der Waals surface area contributed by atoms with Crippen LogP contribution >= 0.6 is 0 Å². The first kappa shape index (κ1) is 17.1. The zero-order chi connectivity index (χ0) is 18.3. The molecule has 0 radical (unpaired) electrons. The molecule has 1 saturated heterocycles. The summed E-state index contributed by atoms with van der Waals surface area (Å²) in [5.41, 5.74) is 2.93. The number of likely N-dealkylation sites (tertiary alicyclic amines) is 1. The number of hydrogen-bond acceptors (Lipinski definition) is 4. The molecule has 2 aliphatic rings. The zero-order valence-corrected chi connectivity index (χ0v) is 15.7. The van der Waals surface area contributed by atoms with Gasteiger partial charge in [-0.15, -0.1) is 5.10 Å². The number of fused-ring (bicyclic) bond motifs is 1. The summed E-state index contributed by atoms with van der Waals surface area (Å²) in [6, 6.07) is 6.11. The van der Waals surface area contributed by atoms with E-state index in [0.717, 1.165) is 54.9 Å². The minimum Gasteiger partial charge on any atom is -0.493 e. The fourth-order valence-corrected chi connectivity index (χ4v) is 3.63. The topological polar surface area (TPSA) is 60.2 Å². The molecule has 2 aromatic rings. The first-order chi connectivity index (χ1) is 12.4. The van der Waals surface area contributed by atoms with Crippen LogP contribution in [0.15, 0.2) is 24.4 Å². The van der Waals surface area contributed by atoms with Gasteiger partial charge in [0.2, 0.25) is 0 Å². The lowest BCUT2D eigenvalue weighted by Crippen LogP contribution is -2.39. The van der Waals surface area contributed by atoms with Gasteiger partial charge in [0.1, 0.15) is 5.75 Å². The largest absolute Gasteiger partial charge is 0.493 e. The SMILES string of the molecule is CC(C)(C)c1cn(C2CCN(C(=O)c3ccc4c(c3)CCO4)CC2)nn1. The monoisotopic (exact) mass is 354 g/mol. The highest BCUT2D eigenvalue weighted by molar-refractivity contribution is 5.94. The summed E-state index contributed by atoms with van der Waals surface area (Å²) in [4.78, 5) is 14.8. The van der Waals surface area contributed by atoms with E-state index in [2.05, 4.69) is 37.3 Å². The smallest absolute Gasteiger partial charge is 0.253 e. The molecule has 6 nitrogen and oxygen atoms in total. The molecular weight excluding hydrogens is 328 g/mol. The van der Waals surface area contributed by atoms with Crippen molar-refractivity contribution in [3.8, 4) is 5.75 Å². The van der Waals surface area contributed by atoms with Crippen molar-refractivity contribution in [1.82, 2.24) is 19.9 Å². The average Bonchev–Trinajstić information content (AvgIpc) is 3.29. The highest BCUT2D eigenvalue weighted by atomic mass is 16.5. The third kappa shape index (κ3) is 3.20. The second-order valence-corrected chi connectivity index (χ2v) is 8.28. The molecule has 0 bridgehead atoms. The number of piperidine rings is 1. The number of hydrogen-bond donors (Lipinski definition) is 0. The first-order valence-corrected chi connectivity index (χ1v) is 9.39. The second-order valence-electron chi connectivity index (χ2n) is 8.28. The van der Waals surface area contributed by atoms with Crippen molar-refractivity contribution in [3.63, 3.8) is 0 Å². The Hall–Kier alpha value is -2.37. The van der Waals surface area contributed by atoms with Gasteiger partial charge in [-0.3, -0.25) is 4.79 Å². The average molecular weight is 354 g/mol. The van der Waals surface area contributed by atoms with E-state index in [0.29, 0.717) is 12.6 Å². The van der Waals surface area contributed by atoms with Crippen LogP contribution in [-0.2, 0) is 11.8 Å². The lowest BCUT2D eigenvalue weighted by Gasteiger charge is -2.32. The molecule has 4 rings (SSSR count). The van der Waals surface area contributed by atoms with Crippen molar-refractivity contribution >= 4 is 5.91 Å². The standard InChI is InChI=1S/C20H26N4O2/c1-20(2,3)18-13-24(22-21-18)16-6-9-23(10-7-16)19(25)15-4-5-17-14(12-15)8-11-26-17/h4-5,12-13,16H,6-11H2,1-3H3. The zero-order valence-electron chi connectivity index (χ0n) is 15.7. The third-order valence-electron chi connectivity index (χ3n) is 5.34. The van der Waals surface area contributed by atoms with Crippen LogP contribution in [0.3, 0.4) is 0 Å². The van der Waals surface area contributed by atoms with E-state index < -0.39 is 0 Å². The Morgan fingerprint density at radius 1 is 1.23 bits per heavy atom. The van der Waals surface area contributed by atoms with Gasteiger partial charge in [0.25, 0.3) is 5.91 Å². The molecular formula is C20H26N4O2. The molecule has 1 fully saturated rings. The predicted octanol–water partition coefficient (Wildman–Crippen LogP) is 2.99. The van der Waals surface area contributed by atoms with E-state index in [1.807, 2.05) is 27.8 Å². The molecule has 2 aliphatic heterocycles. The van der Waals surface area contributed by atoms with E-state index in [9.17, 15) is 4.79 Å². The van der Waals surface area contributed by atoms with E-state index in [1.54, 1.807) is 0 Å². The molecule has 0 N–H and O–H groups in total. The maximum Gasteiger partial charge on any atom is 0.253 e. The van der Waals surface area contributed by atoms with Gasteiger partial charge in [-0.05, 0) is 36.6 Å². The van der Waals surface area contributed by atoms with Crippen LogP contribution in [0, 0.1) is 0 Å². The summed E-state index contributed by atoms with van der Waals surface area (Å²) in [6.45, 7) is 8.65. The highest BCUT2D eigenvalue weighted by Crippen LogP contribution is 2.28. The van der Waals surface area contributed by atoms with E-state index >= 15 is 0 Å². The summed E-state index contributed by atoms with van der Waals surface area (Å²) < 4.78 is 7.51. The number of benzene rings is 1. The Morgan fingerprint density at radius 3 is 2.69 bits per heavy atom. The van der Waals surface area contributed by atoms with Gasteiger partial charge in [0, 0.05) is 36.7 Å². The Kier molecular flexibility index (Phi) is 4.21. The van der Waals surface area contributed by atoms with Gasteiger partial charge in [-0.2, -0.15) is 0 Å². The maximum absolute atomic E-state index is 12.8. The number of rotatable bonds is 2. The van der Waals surface area contributed by atoms with Crippen LogP contribution < -0.4 is 4.74 Å². The summed E-state index contributed by atoms with van der Waals surface area (Å²) in [7, 11) is 0. The van der Waals surface area contributed by atoms with Crippen molar-refractivity contribution in [3.05, 3.63) is 41.2 Å². The first-order valence-electron chi connectivity index (χ1n) is 9.39. The highest BCUT2D eigenvalue weighted by Gasteiger charge is 2.27. The molecule has 0 atom stereocenters. The number of carbonyl (C=O) groups excluding carboxylic acids is 1. The number of amides is 1. The fourth-order valence-electron chi connectivity index (χ4n) is 3.63. The number of aromatic nitrogens is 3. The third-order valence-corrected chi connectivity index (χ3v) is 5.34. The Morgan fingerprint density at radius 2 is 2.00 bits per heavy atom. The molecule has 1 aromatic heterocycles. The Labute approximate surface area is 154 Å². The molecule has 0 unspecified atom stereocenters. The van der Waals surface area contributed by atoms with Crippen molar-refractivity contribution in [1.29, 1.82) is 0 Å². The number of carbonyl (C=O) groups is 1. The van der Waals surface area contributed by atoms with Crippen LogP contribution in [0.4, 0.5) is 0 Å². The van der Waals surface area contributed by atoms with Crippen LogP contribution in [0.5, 0.6) is 5.75 Å². The van der Waals surface area contributed by atoms with E-state index in [4.69, 9.17) is 4.74 Å². The molecule has 6 heteroatoms.